The Kier molecular flexibility index (Phi) is 7.11. The molecule has 0 unspecified atom stereocenters. The van der Waals surface area contributed by atoms with Crippen molar-refractivity contribution in [2.75, 3.05) is 21.3 Å². The van der Waals surface area contributed by atoms with Gasteiger partial charge in [0.1, 0.15) is 0 Å². The van der Waals surface area contributed by atoms with Crippen LogP contribution < -0.4 is 19.5 Å². The summed E-state index contributed by atoms with van der Waals surface area (Å²) in [5.41, 5.74) is 3.17. The number of carbonyl (C=O) groups excluding carboxylic acids is 1. The van der Waals surface area contributed by atoms with E-state index in [9.17, 15) is 4.79 Å². The van der Waals surface area contributed by atoms with Crippen molar-refractivity contribution in [3.05, 3.63) is 53.3 Å². The molecule has 5 nitrogen and oxygen atoms in total. The van der Waals surface area contributed by atoms with Crippen LogP contribution in [0.2, 0.25) is 0 Å². The predicted molar refractivity (Wildman–Crippen MR) is 95.9 cm³/mol. The first-order chi connectivity index (χ1) is 11.3. The molecule has 1 amide bonds. The van der Waals surface area contributed by atoms with Gasteiger partial charge in [-0.25, -0.2) is 0 Å². The highest BCUT2D eigenvalue weighted by Gasteiger charge is 2.16. The zero-order chi connectivity index (χ0) is 18.3. The molecule has 0 heterocycles. The quantitative estimate of drug-likeness (QED) is 0.771. The maximum Gasteiger partial charge on any atom is 0.255 e. The maximum atomic E-state index is 12.4. The lowest BCUT2D eigenvalue weighted by atomic mass is 10.1. The lowest BCUT2D eigenvalue weighted by molar-refractivity contribution is 0.0965. The summed E-state index contributed by atoms with van der Waals surface area (Å²) >= 11 is 0. The summed E-state index contributed by atoms with van der Waals surface area (Å²) in [6.45, 7) is 9.59. The van der Waals surface area contributed by atoms with Crippen molar-refractivity contribution in [2.24, 2.45) is 0 Å². The van der Waals surface area contributed by atoms with Gasteiger partial charge >= 0.3 is 0 Å². The fourth-order valence-corrected chi connectivity index (χ4v) is 1.90. The Labute approximate surface area is 143 Å². The monoisotopic (exact) mass is 331 g/mol. The second kappa shape index (κ2) is 8.82. The molecule has 0 bridgehead atoms. The summed E-state index contributed by atoms with van der Waals surface area (Å²) in [7, 11) is 4.54. The van der Waals surface area contributed by atoms with E-state index in [1.54, 1.807) is 12.1 Å². The molecule has 5 heteroatoms. The number of amides is 1. The fourth-order valence-electron chi connectivity index (χ4n) is 1.90. The fraction of sp³-hybridized carbons (Fsp3) is 0.316. The molecule has 1 N–H and O–H groups in total. The number of rotatable bonds is 7. The van der Waals surface area contributed by atoms with Crippen LogP contribution in [0.5, 0.6) is 17.2 Å². The van der Waals surface area contributed by atoms with Gasteiger partial charge in [-0.1, -0.05) is 18.2 Å². The smallest absolute Gasteiger partial charge is 0.255 e. The Bertz CT molecular complexity index is 662. The van der Waals surface area contributed by atoms with Crippen LogP contribution in [0.3, 0.4) is 0 Å². The number of methoxy groups -OCH3 is 3. The van der Waals surface area contributed by atoms with Crippen molar-refractivity contribution in [2.45, 2.75) is 20.8 Å². The van der Waals surface area contributed by atoms with Gasteiger partial charge in [-0.2, -0.15) is 0 Å². The van der Waals surface area contributed by atoms with Crippen molar-refractivity contribution in [3.8, 4) is 17.2 Å². The Hall–Kier alpha value is -2.69. The third-order valence-electron chi connectivity index (χ3n) is 3.49. The molecule has 0 saturated heterocycles. The Morgan fingerprint density at radius 3 is 1.96 bits per heavy atom. The molecule has 0 saturated carbocycles. The van der Waals surface area contributed by atoms with Gasteiger partial charge in [0.05, 0.1) is 21.3 Å². The lowest BCUT2D eigenvalue weighted by Gasteiger charge is -2.14. The number of allylic oxidation sites excluding steroid dienone is 5. The molecule has 0 aliphatic heterocycles. The molecular weight excluding hydrogens is 306 g/mol. The minimum atomic E-state index is -0.260. The second-order valence-electron chi connectivity index (χ2n) is 5.35. The summed E-state index contributed by atoms with van der Waals surface area (Å²) in [6.07, 6.45) is 3.74. The number of benzene rings is 1. The zero-order valence-electron chi connectivity index (χ0n) is 15.1. The molecule has 0 aliphatic rings. The number of hydrogen-bond acceptors (Lipinski definition) is 4. The molecule has 0 spiro atoms. The molecule has 1 aromatic carbocycles. The number of nitrogens with one attached hydrogen (secondary N) is 1. The summed E-state index contributed by atoms with van der Waals surface area (Å²) in [6, 6.07) is 3.22. The first-order valence-electron chi connectivity index (χ1n) is 7.46. The van der Waals surface area contributed by atoms with Gasteiger partial charge in [-0.3, -0.25) is 4.79 Å². The van der Waals surface area contributed by atoms with Crippen LogP contribution in [0.15, 0.2) is 47.7 Å². The summed E-state index contributed by atoms with van der Waals surface area (Å²) < 4.78 is 15.8. The summed E-state index contributed by atoms with van der Waals surface area (Å²) in [4.78, 5) is 12.4. The molecule has 0 fully saturated rings. The first-order valence-corrected chi connectivity index (χ1v) is 7.46. The number of carbonyl (C=O) groups is 1. The molecule has 0 aromatic heterocycles. The van der Waals surface area contributed by atoms with E-state index in [-0.39, 0.29) is 5.91 Å². The van der Waals surface area contributed by atoms with Gasteiger partial charge in [-0.05, 0) is 44.6 Å². The van der Waals surface area contributed by atoms with E-state index in [1.807, 2.05) is 32.9 Å². The van der Waals surface area contributed by atoms with E-state index in [0.717, 1.165) is 11.1 Å². The van der Waals surface area contributed by atoms with Gasteiger partial charge in [0, 0.05) is 11.3 Å². The van der Waals surface area contributed by atoms with Crippen molar-refractivity contribution in [1.82, 2.24) is 5.32 Å². The van der Waals surface area contributed by atoms with E-state index in [1.165, 1.54) is 21.3 Å². The Balaban J connectivity index is 3.05. The average molecular weight is 331 g/mol. The third-order valence-corrected chi connectivity index (χ3v) is 3.49. The summed E-state index contributed by atoms with van der Waals surface area (Å²) in [5, 5.41) is 2.83. The van der Waals surface area contributed by atoms with Crippen LogP contribution in [0, 0.1) is 0 Å². The number of hydrogen-bond donors (Lipinski definition) is 1. The van der Waals surface area contributed by atoms with E-state index in [0.29, 0.717) is 28.5 Å². The second-order valence-corrected chi connectivity index (χ2v) is 5.35. The van der Waals surface area contributed by atoms with Gasteiger partial charge in [0.2, 0.25) is 5.75 Å². The Morgan fingerprint density at radius 1 is 1.00 bits per heavy atom. The Morgan fingerprint density at radius 2 is 1.54 bits per heavy atom. The van der Waals surface area contributed by atoms with E-state index in [2.05, 4.69) is 11.9 Å². The SMILES string of the molecule is C=C(C)/C(C)=C/C=C(\C)NC(=O)c1cc(OC)c(OC)c(OC)c1. The van der Waals surface area contributed by atoms with Crippen LogP contribution in [-0.2, 0) is 0 Å². The largest absolute Gasteiger partial charge is 0.493 e. The molecule has 0 atom stereocenters. The summed E-state index contributed by atoms with van der Waals surface area (Å²) in [5.74, 6) is 1.05. The van der Waals surface area contributed by atoms with Gasteiger partial charge < -0.3 is 19.5 Å². The molecule has 0 aliphatic carbocycles. The van der Waals surface area contributed by atoms with E-state index in [4.69, 9.17) is 14.2 Å². The molecular formula is C19H25NO4. The topological polar surface area (TPSA) is 56.8 Å². The third kappa shape index (κ3) is 4.91. The highest BCUT2D eigenvalue weighted by atomic mass is 16.5. The van der Waals surface area contributed by atoms with E-state index < -0.39 is 0 Å². The highest BCUT2D eigenvalue weighted by Crippen LogP contribution is 2.38. The standard InChI is InChI=1S/C19H25NO4/c1-12(2)13(3)8-9-14(4)20-19(21)15-10-16(22-5)18(24-7)17(11-15)23-6/h8-11H,1H2,2-7H3,(H,20,21)/b13-8+,14-9+. The lowest BCUT2D eigenvalue weighted by Crippen LogP contribution is -2.21. The maximum absolute atomic E-state index is 12.4. The van der Waals surface area contributed by atoms with Crippen molar-refractivity contribution >= 4 is 5.91 Å². The molecule has 1 rings (SSSR count). The van der Waals surface area contributed by atoms with Gasteiger partial charge in [-0.15, -0.1) is 0 Å². The van der Waals surface area contributed by atoms with Crippen LogP contribution in [0.25, 0.3) is 0 Å². The number of ether oxygens (including phenoxy) is 3. The van der Waals surface area contributed by atoms with E-state index >= 15 is 0 Å². The van der Waals surface area contributed by atoms with Gasteiger partial charge in [0.25, 0.3) is 5.91 Å². The average Bonchev–Trinajstić information content (AvgIpc) is 2.57. The minimum absolute atomic E-state index is 0.260. The van der Waals surface area contributed by atoms with Crippen LogP contribution >= 0.6 is 0 Å². The highest BCUT2D eigenvalue weighted by molar-refractivity contribution is 5.96. The van der Waals surface area contributed by atoms with Gasteiger partial charge in [0.15, 0.2) is 11.5 Å². The van der Waals surface area contributed by atoms with Crippen LogP contribution in [0.1, 0.15) is 31.1 Å². The predicted octanol–water partition coefficient (Wildman–Crippen LogP) is 3.87. The van der Waals surface area contributed by atoms with Crippen LogP contribution in [0.4, 0.5) is 0 Å². The minimum Gasteiger partial charge on any atom is -0.493 e. The van der Waals surface area contributed by atoms with Crippen LogP contribution in [-0.4, -0.2) is 27.2 Å². The van der Waals surface area contributed by atoms with Crippen molar-refractivity contribution < 1.29 is 19.0 Å². The van der Waals surface area contributed by atoms with Crippen molar-refractivity contribution in [1.29, 1.82) is 0 Å². The first kappa shape index (κ1) is 19.4. The zero-order valence-corrected chi connectivity index (χ0v) is 15.1. The van der Waals surface area contributed by atoms with Crippen molar-refractivity contribution in [3.63, 3.8) is 0 Å². The normalized spacial score (nSPS) is 11.8. The molecule has 24 heavy (non-hydrogen) atoms. The molecule has 0 radical (unpaired) electrons. The molecule has 130 valence electrons. The molecule has 1 aromatic rings.